The van der Waals surface area contributed by atoms with Gasteiger partial charge in [0.25, 0.3) is 0 Å². The van der Waals surface area contributed by atoms with Gasteiger partial charge in [-0.15, -0.1) is 11.3 Å². The monoisotopic (exact) mass is 767 g/mol. The highest BCUT2D eigenvalue weighted by atomic mass is 32.1. The summed E-state index contributed by atoms with van der Waals surface area (Å²) in [5, 5.41) is 11.2. The van der Waals surface area contributed by atoms with Crippen LogP contribution < -0.4 is 0 Å². The fourth-order valence-electron chi connectivity index (χ4n) is 9.67. The number of pyridine rings is 1. The summed E-state index contributed by atoms with van der Waals surface area (Å²) < 4.78 is 7.45. The van der Waals surface area contributed by atoms with Crippen LogP contribution in [-0.4, -0.2) is 14.1 Å². The molecule has 4 aromatic heterocycles. The van der Waals surface area contributed by atoms with Gasteiger partial charge in [-0.25, -0.2) is 4.98 Å². The Balaban J connectivity index is 1.05. The number of para-hydroxylation sites is 5. The highest BCUT2D eigenvalue weighted by molar-refractivity contribution is 7.26. The number of hydrogen-bond acceptors (Lipinski definition) is 2. The Hall–Kier alpha value is -7.53. The molecule has 9 aromatic carbocycles. The van der Waals surface area contributed by atoms with Crippen molar-refractivity contribution in [1.82, 2.24) is 14.1 Å². The van der Waals surface area contributed by atoms with E-state index in [4.69, 9.17) is 4.98 Å². The van der Waals surface area contributed by atoms with Crippen molar-refractivity contribution in [2.24, 2.45) is 0 Å². The topological polar surface area (TPSA) is 22.8 Å². The summed E-state index contributed by atoms with van der Waals surface area (Å²) in [6.07, 6.45) is 0. The lowest BCUT2D eigenvalue weighted by atomic mass is 9.96. The zero-order chi connectivity index (χ0) is 38.6. The summed E-state index contributed by atoms with van der Waals surface area (Å²) in [6, 6.07) is 73.1. The van der Waals surface area contributed by atoms with Gasteiger partial charge >= 0.3 is 0 Å². The fourth-order valence-corrected chi connectivity index (χ4v) is 10.9. The number of thiophene rings is 1. The first-order valence-electron chi connectivity index (χ1n) is 20.1. The molecule has 0 bridgehead atoms. The molecule has 0 unspecified atom stereocenters. The number of benzene rings is 9. The maximum atomic E-state index is 5.41. The predicted octanol–water partition coefficient (Wildman–Crippen LogP) is 15.3. The largest absolute Gasteiger partial charge is 0.309 e. The predicted molar refractivity (Wildman–Crippen MR) is 252 cm³/mol. The third kappa shape index (κ3) is 4.78. The zero-order valence-electron chi connectivity index (χ0n) is 31.8. The van der Waals surface area contributed by atoms with Crippen LogP contribution in [0.2, 0.25) is 0 Å². The SMILES string of the molecule is c1ccc2c(c1)nc(-c1ccc(-c3cc(-n4c5ccccc5c5ccccc54)cc(-n4c5ccccc5c5ccccc54)c3)cc1)c1c2ccc2c3ccccc3sc21. The Labute approximate surface area is 343 Å². The molecule has 0 aliphatic carbocycles. The van der Waals surface area contributed by atoms with E-state index in [9.17, 15) is 0 Å². The molecule has 0 aliphatic rings. The molecule has 13 rings (SSSR count). The molecule has 0 atom stereocenters. The normalized spacial score (nSPS) is 12.1. The molecule has 274 valence electrons. The molecule has 0 saturated heterocycles. The summed E-state index contributed by atoms with van der Waals surface area (Å²) in [5.41, 5.74) is 12.4. The Morgan fingerprint density at radius 3 is 1.37 bits per heavy atom. The van der Waals surface area contributed by atoms with E-state index in [0.29, 0.717) is 0 Å². The van der Waals surface area contributed by atoms with Crippen molar-refractivity contribution in [3.05, 3.63) is 200 Å². The van der Waals surface area contributed by atoms with Gasteiger partial charge in [0, 0.05) is 69.4 Å². The van der Waals surface area contributed by atoms with Crippen LogP contribution in [0.5, 0.6) is 0 Å². The minimum absolute atomic E-state index is 1.01. The van der Waals surface area contributed by atoms with Gasteiger partial charge in [-0.05, 0) is 71.1 Å². The van der Waals surface area contributed by atoms with Crippen molar-refractivity contribution < 1.29 is 0 Å². The molecular formula is C55H33N3S. The Bertz CT molecular complexity index is 3610. The molecule has 0 spiro atoms. The van der Waals surface area contributed by atoms with Crippen LogP contribution in [0.3, 0.4) is 0 Å². The van der Waals surface area contributed by atoms with Gasteiger partial charge in [0.15, 0.2) is 0 Å². The standard InChI is InChI=1S/C55H33N3S/c1-7-19-47-39(13-1)45-29-30-46-44-18-6-12-24-52(44)59-55(46)53(45)54(56-47)35-27-25-34(26-28-35)36-31-37(57-48-20-8-2-14-40(48)41-15-3-9-21-49(41)57)33-38(32-36)58-50-22-10-4-16-42(50)43-17-5-11-23-51(43)58/h1-33H. The lowest BCUT2D eigenvalue weighted by Gasteiger charge is -2.16. The van der Waals surface area contributed by atoms with Gasteiger partial charge in [-0.2, -0.15) is 0 Å². The number of rotatable bonds is 4. The first kappa shape index (κ1) is 32.5. The van der Waals surface area contributed by atoms with Crippen LogP contribution in [0.25, 0.3) is 119 Å². The average molecular weight is 768 g/mol. The molecule has 59 heavy (non-hydrogen) atoms. The highest BCUT2D eigenvalue weighted by Crippen LogP contribution is 2.44. The van der Waals surface area contributed by atoms with Gasteiger partial charge < -0.3 is 9.13 Å². The highest BCUT2D eigenvalue weighted by Gasteiger charge is 2.19. The van der Waals surface area contributed by atoms with Gasteiger partial charge in [-0.3, -0.25) is 0 Å². The Morgan fingerprint density at radius 2 is 0.797 bits per heavy atom. The van der Waals surface area contributed by atoms with E-state index in [1.54, 1.807) is 0 Å². The van der Waals surface area contributed by atoms with Crippen molar-refractivity contribution in [3.8, 4) is 33.8 Å². The first-order valence-corrected chi connectivity index (χ1v) is 20.9. The van der Waals surface area contributed by atoms with E-state index in [2.05, 4.69) is 209 Å². The van der Waals surface area contributed by atoms with Crippen LogP contribution in [-0.2, 0) is 0 Å². The van der Waals surface area contributed by atoms with Crippen molar-refractivity contribution in [2.45, 2.75) is 0 Å². The van der Waals surface area contributed by atoms with E-state index in [-0.39, 0.29) is 0 Å². The number of nitrogens with zero attached hydrogens (tertiary/aromatic N) is 3. The third-order valence-electron chi connectivity index (χ3n) is 12.3. The summed E-state index contributed by atoms with van der Waals surface area (Å²) >= 11 is 1.87. The molecule has 0 N–H and O–H groups in total. The maximum Gasteiger partial charge on any atom is 0.0802 e. The third-order valence-corrected chi connectivity index (χ3v) is 13.5. The molecule has 4 heterocycles. The second kappa shape index (κ2) is 12.5. The average Bonchev–Trinajstić information content (AvgIpc) is 3.97. The molecule has 0 fully saturated rings. The van der Waals surface area contributed by atoms with Gasteiger partial charge in [0.2, 0.25) is 0 Å². The van der Waals surface area contributed by atoms with E-state index in [1.165, 1.54) is 79.9 Å². The molecule has 0 amide bonds. The van der Waals surface area contributed by atoms with Crippen LogP contribution in [0.15, 0.2) is 200 Å². The second-order valence-corrected chi connectivity index (χ2v) is 16.5. The Kier molecular flexibility index (Phi) is 6.89. The van der Waals surface area contributed by atoms with E-state index >= 15 is 0 Å². The molecule has 0 saturated carbocycles. The van der Waals surface area contributed by atoms with Crippen molar-refractivity contribution >= 4 is 96.8 Å². The van der Waals surface area contributed by atoms with Gasteiger partial charge in [0.1, 0.15) is 0 Å². The quantitative estimate of drug-likeness (QED) is 0.164. The zero-order valence-corrected chi connectivity index (χ0v) is 32.6. The molecule has 0 radical (unpaired) electrons. The molecular weight excluding hydrogens is 735 g/mol. The molecule has 3 nitrogen and oxygen atoms in total. The van der Waals surface area contributed by atoms with Crippen molar-refractivity contribution in [2.75, 3.05) is 0 Å². The summed E-state index contributed by atoms with van der Waals surface area (Å²) in [6.45, 7) is 0. The minimum atomic E-state index is 1.01. The summed E-state index contributed by atoms with van der Waals surface area (Å²) in [7, 11) is 0. The number of aromatic nitrogens is 3. The molecule has 0 aliphatic heterocycles. The van der Waals surface area contributed by atoms with Crippen LogP contribution in [0.1, 0.15) is 0 Å². The van der Waals surface area contributed by atoms with E-state index in [1.807, 2.05) is 11.3 Å². The minimum Gasteiger partial charge on any atom is -0.309 e. The summed E-state index contributed by atoms with van der Waals surface area (Å²) in [5.74, 6) is 0. The molecule has 13 aromatic rings. The lowest BCUT2D eigenvalue weighted by molar-refractivity contribution is 1.13. The van der Waals surface area contributed by atoms with Crippen LogP contribution in [0, 0.1) is 0 Å². The number of hydrogen-bond donors (Lipinski definition) is 0. The second-order valence-electron chi connectivity index (χ2n) is 15.5. The first-order chi connectivity index (χ1) is 29.3. The maximum absolute atomic E-state index is 5.41. The van der Waals surface area contributed by atoms with Gasteiger partial charge in [0.05, 0.1) is 33.3 Å². The smallest absolute Gasteiger partial charge is 0.0802 e. The van der Waals surface area contributed by atoms with E-state index < -0.39 is 0 Å². The van der Waals surface area contributed by atoms with Crippen molar-refractivity contribution in [1.29, 1.82) is 0 Å². The molecule has 4 heteroatoms. The van der Waals surface area contributed by atoms with Crippen LogP contribution >= 0.6 is 11.3 Å². The number of fused-ring (bicyclic) bond motifs is 13. The van der Waals surface area contributed by atoms with Crippen molar-refractivity contribution in [3.63, 3.8) is 0 Å². The van der Waals surface area contributed by atoms with E-state index in [0.717, 1.165) is 39.3 Å². The Morgan fingerprint density at radius 1 is 0.339 bits per heavy atom. The fraction of sp³-hybridized carbons (Fsp3) is 0. The van der Waals surface area contributed by atoms with Crippen LogP contribution in [0.4, 0.5) is 0 Å². The summed E-state index contributed by atoms with van der Waals surface area (Å²) in [4.78, 5) is 5.41. The van der Waals surface area contributed by atoms with Gasteiger partial charge in [-0.1, -0.05) is 146 Å². The lowest BCUT2D eigenvalue weighted by Crippen LogP contribution is -2.00.